The van der Waals surface area contributed by atoms with Crippen LogP contribution in [0, 0.1) is 0 Å². The van der Waals surface area contributed by atoms with Gasteiger partial charge in [0.05, 0.1) is 27.4 Å². The minimum atomic E-state index is -0.180. The highest BCUT2D eigenvalue weighted by atomic mass is 16.5. The number of carbonyl (C=O) groups is 1. The van der Waals surface area contributed by atoms with E-state index in [0.29, 0.717) is 31.0 Å². The molecule has 170 valence electrons. The van der Waals surface area contributed by atoms with Gasteiger partial charge in [-0.25, -0.2) is 4.79 Å². The Bertz CT molecular complexity index is 824. The lowest BCUT2D eigenvalue weighted by molar-refractivity contribution is 0.206. The maximum absolute atomic E-state index is 12.4. The van der Waals surface area contributed by atoms with Crippen molar-refractivity contribution in [1.29, 1.82) is 0 Å². The maximum Gasteiger partial charge on any atom is 0.314 e. The van der Waals surface area contributed by atoms with E-state index in [0.717, 1.165) is 30.0 Å². The molecule has 0 spiro atoms. The number of nitrogens with one attached hydrogen (secondary N) is 2. The fourth-order valence-electron chi connectivity index (χ4n) is 3.58. The van der Waals surface area contributed by atoms with Crippen LogP contribution in [-0.2, 0) is 6.42 Å². The minimum absolute atomic E-state index is 0.0710. The van der Waals surface area contributed by atoms with Crippen LogP contribution in [0.3, 0.4) is 0 Å². The molecule has 31 heavy (non-hydrogen) atoms. The smallest absolute Gasteiger partial charge is 0.314 e. The van der Waals surface area contributed by atoms with Gasteiger partial charge in [-0.3, -0.25) is 4.90 Å². The molecule has 0 saturated carbocycles. The second kappa shape index (κ2) is 12.7. The Hall–Kier alpha value is -2.93. The first-order valence-corrected chi connectivity index (χ1v) is 10.7. The summed E-state index contributed by atoms with van der Waals surface area (Å²) in [5.74, 6) is 2.19. The van der Waals surface area contributed by atoms with Gasteiger partial charge in [0.25, 0.3) is 0 Å². The minimum Gasteiger partial charge on any atom is -0.497 e. The topological polar surface area (TPSA) is 72.1 Å². The van der Waals surface area contributed by atoms with Gasteiger partial charge in [0.15, 0.2) is 11.5 Å². The summed E-state index contributed by atoms with van der Waals surface area (Å²) in [4.78, 5) is 14.7. The van der Waals surface area contributed by atoms with Crippen molar-refractivity contribution in [2.75, 3.05) is 47.5 Å². The van der Waals surface area contributed by atoms with Crippen LogP contribution in [0.2, 0.25) is 0 Å². The van der Waals surface area contributed by atoms with Crippen LogP contribution < -0.4 is 24.8 Å². The molecule has 0 bridgehead atoms. The summed E-state index contributed by atoms with van der Waals surface area (Å²) < 4.78 is 16.0. The first-order valence-electron chi connectivity index (χ1n) is 10.7. The van der Waals surface area contributed by atoms with Crippen LogP contribution in [-0.4, -0.2) is 58.4 Å². The molecule has 2 amide bonds. The van der Waals surface area contributed by atoms with Gasteiger partial charge in [0.1, 0.15) is 5.75 Å². The molecule has 0 aliphatic heterocycles. The number of hydrogen-bond acceptors (Lipinski definition) is 5. The van der Waals surface area contributed by atoms with E-state index in [9.17, 15) is 4.79 Å². The number of nitrogens with zero attached hydrogens (tertiary/aromatic N) is 1. The van der Waals surface area contributed by atoms with Crippen LogP contribution in [0.1, 0.15) is 31.0 Å². The first-order chi connectivity index (χ1) is 15.1. The highest BCUT2D eigenvalue weighted by molar-refractivity contribution is 5.73. The van der Waals surface area contributed by atoms with Gasteiger partial charge < -0.3 is 24.8 Å². The average molecular weight is 430 g/mol. The van der Waals surface area contributed by atoms with Crippen LogP contribution in [0.5, 0.6) is 17.2 Å². The number of urea groups is 1. The van der Waals surface area contributed by atoms with E-state index in [1.807, 2.05) is 36.4 Å². The van der Waals surface area contributed by atoms with E-state index >= 15 is 0 Å². The third-order valence-electron chi connectivity index (χ3n) is 5.33. The summed E-state index contributed by atoms with van der Waals surface area (Å²) in [6.45, 7) is 7.06. The summed E-state index contributed by atoms with van der Waals surface area (Å²) >= 11 is 0. The van der Waals surface area contributed by atoms with Gasteiger partial charge in [-0.05, 0) is 54.9 Å². The van der Waals surface area contributed by atoms with Crippen molar-refractivity contribution in [2.45, 2.75) is 26.3 Å². The zero-order chi connectivity index (χ0) is 22.6. The number of benzene rings is 2. The fraction of sp³-hybridized carbons (Fsp3) is 0.458. The molecule has 1 atom stereocenters. The summed E-state index contributed by atoms with van der Waals surface area (Å²) in [6, 6.07) is 13.7. The fourth-order valence-corrected chi connectivity index (χ4v) is 3.58. The predicted octanol–water partition coefficient (Wildman–Crippen LogP) is 3.64. The summed E-state index contributed by atoms with van der Waals surface area (Å²) in [7, 11) is 4.89. The molecule has 2 aromatic carbocycles. The van der Waals surface area contributed by atoms with Crippen molar-refractivity contribution in [1.82, 2.24) is 15.5 Å². The van der Waals surface area contributed by atoms with Crippen molar-refractivity contribution >= 4 is 6.03 Å². The van der Waals surface area contributed by atoms with Crippen LogP contribution in [0.25, 0.3) is 0 Å². The van der Waals surface area contributed by atoms with Crippen LogP contribution in [0.4, 0.5) is 4.79 Å². The zero-order valence-electron chi connectivity index (χ0n) is 19.2. The molecule has 0 aromatic heterocycles. The molecule has 2 N–H and O–H groups in total. The van der Waals surface area contributed by atoms with Gasteiger partial charge in [-0.15, -0.1) is 0 Å². The van der Waals surface area contributed by atoms with E-state index in [1.165, 1.54) is 0 Å². The highest BCUT2D eigenvalue weighted by Crippen LogP contribution is 2.27. The normalized spacial score (nSPS) is 11.7. The average Bonchev–Trinajstić information content (AvgIpc) is 2.81. The van der Waals surface area contributed by atoms with Crippen molar-refractivity contribution in [2.24, 2.45) is 0 Å². The quantitative estimate of drug-likeness (QED) is 0.539. The van der Waals surface area contributed by atoms with Gasteiger partial charge in [-0.2, -0.15) is 0 Å². The molecular weight excluding hydrogens is 394 g/mol. The Kier molecular flexibility index (Phi) is 9.97. The summed E-state index contributed by atoms with van der Waals surface area (Å²) in [6.07, 6.45) is 0.698. The van der Waals surface area contributed by atoms with E-state index in [2.05, 4.69) is 35.4 Å². The SMILES string of the molecule is CCN(CC)[C@@H](CNC(=O)NCCc1ccc(OC)c(OC)c1)c1cccc(OC)c1. The number of carbonyl (C=O) groups excluding carboxylic acids is 1. The van der Waals surface area contributed by atoms with E-state index in [1.54, 1.807) is 21.3 Å². The molecule has 2 aromatic rings. The van der Waals surface area contributed by atoms with Crippen LogP contribution in [0.15, 0.2) is 42.5 Å². The molecule has 0 fully saturated rings. The first kappa shape index (κ1) is 24.3. The summed E-state index contributed by atoms with van der Waals surface area (Å²) in [5, 5.41) is 5.95. The Morgan fingerprint density at radius 3 is 2.32 bits per heavy atom. The molecule has 0 unspecified atom stereocenters. The number of ether oxygens (including phenoxy) is 3. The lowest BCUT2D eigenvalue weighted by Gasteiger charge is -2.30. The number of rotatable bonds is 12. The summed E-state index contributed by atoms with van der Waals surface area (Å²) in [5.41, 5.74) is 2.18. The molecule has 0 radical (unpaired) electrons. The Labute approximate surface area is 185 Å². The monoisotopic (exact) mass is 429 g/mol. The lowest BCUT2D eigenvalue weighted by atomic mass is 10.0. The number of methoxy groups -OCH3 is 3. The van der Waals surface area contributed by atoms with Crippen molar-refractivity contribution < 1.29 is 19.0 Å². The zero-order valence-corrected chi connectivity index (χ0v) is 19.2. The molecule has 0 heterocycles. The second-order valence-electron chi connectivity index (χ2n) is 7.09. The molecule has 2 rings (SSSR count). The molecule has 7 nitrogen and oxygen atoms in total. The van der Waals surface area contributed by atoms with Gasteiger partial charge >= 0.3 is 6.03 Å². The van der Waals surface area contributed by atoms with Crippen LogP contribution >= 0.6 is 0 Å². The van der Waals surface area contributed by atoms with E-state index in [4.69, 9.17) is 14.2 Å². The number of hydrogen-bond donors (Lipinski definition) is 2. The van der Waals surface area contributed by atoms with E-state index < -0.39 is 0 Å². The molecular formula is C24H35N3O4. The number of likely N-dealkylation sites (N-methyl/N-ethyl adjacent to an activating group) is 1. The van der Waals surface area contributed by atoms with Gasteiger partial charge in [-0.1, -0.05) is 32.0 Å². The standard InChI is InChI=1S/C24H35N3O4/c1-6-27(7-2)21(19-9-8-10-20(16-19)29-3)17-26-24(28)25-14-13-18-11-12-22(30-4)23(15-18)31-5/h8-12,15-16,21H,6-7,13-14,17H2,1-5H3,(H2,25,26,28)/t21-/m0/s1. The lowest BCUT2D eigenvalue weighted by Crippen LogP contribution is -2.42. The molecule has 0 aliphatic carbocycles. The largest absolute Gasteiger partial charge is 0.497 e. The van der Waals surface area contributed by atoms with Crippen molar-refractivity contribution in [3.05, 3.63) is 53.6 Å². The third-order valence-corrected chi connectivity index (χ3v) is 5.33. The predicted molar refractivity (Wildman–Crippen MR) is 123 cm³/mol. The highest BCUT2D eigenvalue weighted by Gasteiger charge is 2.19. The second-order valence-corrected chi connectivity index (χ2v) is 7.09. The number of amides is 2. The van der Waals surface area contributed by atoms with Gasteiger partial charge in [0.2, 0.25) is 0 Å². The third kappa shape index (κ3) is 7.07. The Balaban J connectivity index is 1.92. The maximum atomic E-state index is 12.4. The van der Waals surface area contributed by atoms with Crippen molar-refractivity contribution in [3.63, 3.8) is 0 Å². The Morgan fingerprint density at radius 2 is 1.68 bits per heavy atom. The van der Waals surface area contributed by atoms with Gasteiger partial charge in [0, 0.05) is 13.1 Å². The van der Waals surface area contributed by atoms with Crippen molar-refractivity contribution in [3.8, 4) is 17.2 Å². The van der Waals surface area contributed by atoms with E-state index in [-0.39, 0.29) is 12.1 Å². The Morgan fingerprint density at radius 1 is 0.935 bits per heavy atom. The molecule has 7 heteroatoms. The molecule has 0 aliphatic rings. The molecule has 0 saturated heterocycles.